The average Bonchev–Trinajstić information content (AvgIpc) is 1.26. The first kappa shape index (κ1) is 54.1. The molecule has 0 bridgehead atoms. The summed E-state index contributed by atoms with van der Waals surface area (Å²) in [4.78, 5) is 4.90. The second-order valence-corrected chi connectivity index (χ2v) is 30.3. The first-order chi connectivity index (χ1) is 56.0. The summed E-state index contributed by atoms with van der Waals surface area (Å²) >= 11 is 0. The maximum atomic E-state index is 9.75. The van der Waals surface area contributed by atoms with Crippen molar-refractivity contribution in [1.29, 1.82) is 0 Å². The summed E-state index contributed by atoms with van der Waals surface area (Å²) in [6, 6.07) is 106. The smallest absolute Gasteiger partial charge is 0.252 e. The van der Waals surface area contributed by atoms with Gasteiger partial charge in [0.25, 0.3) is 6.71 Å². The van der Waals surface area contributed by atoms with Crippen molar-refractivity contribution in [3.8, 4) is 89.0 Å². The van der Waals surface area contributed by atoms with Gasteiger partial charge in [-0.3, -0.25) is 0 Å². The van der Waals surface area contributed by atoms with E-state index in [1.807, 2.05) is 48.5 Å². The van der Waals surface area contributed by atoms with Gasteiger partial charge in [-0.2, -0.15) is 0 Å². The van der Waals surface area contributed by atoms with E-state index in [4.69, 9.17) is 2.74 Å². The average molecular weight is 1370 g/mol. The Morgan fingerprint density at radius 2 is 0.689 bits per heavy atom. The zero-order valence-corrected chi connectivity index (χ0v) is 59.9. The molecule has 1 unspecified atom stereocenters. The first-order valence-corrected chi connectivity index (χ1v) is 36.6. The highest BCUT2D eigenvalue weighted by Crippen LogP contribution is 2.61. The molecule has 2 aliphatic heterocycles. The Balaban J connectivity index is 1.06. The molecule has 504 valence electrons. The Morgan fingerprint density at radius 1 is 0.283 bits per heavy atom. The van der Waals surface area contributed by atoms with Gasteiger partial charge in [-0.1, -0.05) is 357 Å². The van der Waals surface area contributed by atoms with E-state index in [1.165, 1.54) is 0 Å². The van der Waals surface area contributed by atoms with Crippen LogP contribution in [0.25, 0.3) is 99.8 Å². The van der Waals surface area contributed by atoms with Gasteiger partial charge < -0.3 is 9.80 Å². The lowest BCUT2D eigenvalue weighted by Crippen LogP contribution is -2.61. The predicted octanol–water partition coefficient (Wildman–Crippen LogP) is 25.5. The van der Waals surface area contributed by atoms with E-state index in [1.54, 1.807) is 0 Å². The van der Waals surface area contributed by atoms with E-state index in [9.17, 15) is 11.0 Å². The standard InChI is InChI=1S/C103H79BN2/c1-101(2,3)81-64-86(71-38-18-9-19-39-71)99(87(65-81)72-40-20-10-21-41-72)105-93-57-54-76(68-33-14-7-15-34-68)60-91(93)104-92-61-77(69-35-16-8-17-36-69)55-58-94(92)106(100-88(73-42-22-11-23-43-73)66-82(102(4,5)6)67-89(100)74-44-24-12-25-45-74)96-63-78(62-95(105)98(96)104)83-50-32-51-85-84-49-30-31-52-90(84)103(97(83)85,79-47-26-13-27-48-79)80-56-53-70-37-28-29-46-75(70)59-80/h7-67H,1-6H3/i7D,8D,14D,15D,16D,17D,33D,34D,35D,36D. The molecule has 2 heterocycles. The minimum absolute atomic E-state index is 0.0351. The molecule has 16 aromatic carbocycles. The number of fused-ring (bicyclic) bond motifs is 8. The van der Waals surface area contributed by atoms with Crippen molar-refractivity contribution in [2.45, 2.75) is 57.8 Å². The molecule has 16 aromatic rings. The summed E-state index contributed by atoms with van der Waals surface area (Å²) in [6.07, 6.45) is 0. The molecule has 106 heavy (non-hydrogen) atoms. The van der Waals surface area contributed by atoms with Crippen LogP contribution in [0.2, 0.25) is 0 Å². The third kappa shape index (κ3) is 10.5. The molecule has 1 aliphatic carbocycles. The molecule has 0 fully saturated rings. The van der Waals surface area contributed by atoms with E-state index in [2.05, 4.69) is 312 Å². The van der Waals surface area contributed by atoms with Crippen LogP contribution in [0.1, 0.15) is 88.6 Å². The summed E-state index contributed by atoms with van der Waals surface area (Å²) in [5.74, 6) is 0. The van der Waals surface area contributed by atoms with Crippen LogP contribution in [0.15, 0.2) is 370 Å². The van der Waals surface area contributed by atoms with Gasteiger partial charge in [0.1, 0.15) is 0 Å². The molecule has 1 atom stereocenters. The monoisotopic (exact) mass is 1360 g/mol. The summed E-state index contributed by atoms with van der Waals surface area (Å²) in [5.41, 5.74) is 24.7. The third-order valence-corrected chi connectivity index (χ3v) is 22.1. The summed E-state index contributed by atoms with van der Waals surface area (Å²) in [5, 5.41) is 2.24. The minimum atomic E-state index is -0.921. The molecule has 2 nitrogen and oxygen atoms in total. The van der Waals surface area contributed by atoms with Gasteiger partial charge in [0.2, 0.25) is 0 Å². The van der Waals surface area contributed by atoms with Crippen molar-refractivity contribution in [3.05, 3.63) is 403 Å². The van der Waals surface area contributed by atoms with E-state index in [0.29, 0.717) is 11.1 Å². The fourth-order valence-corrected chi connectivity index (χ4v) is 17.2. The van der Waals surface area contributed by atoms with Crippen molar-refractivity contribution in [2.24, 2.45) is 0 Å². The van der Waals surface area contributed by atoms with Crippen LogP contribution in [-0.2, 0) is 16.2 Å². The fraction of sp³-hybridized carbons (Fsp3) is 0.0874. The number of anilines is 6. The third-order valence-electron chi connectivity index (χ3n) is 22.1. The van der Waals surface area contributed by atoms with Crippen LogP contribution < -0.4 is 26.2 Å². The summed E-state index contributed by atoms with van der Waals surface area (Å²) in [7, 11) is 0. The van der Waals surface area contributed by atoms with Crippen LogP contribution in [0.3, 0.4) is 0 Å². The summed E-state index contributed by atoms with van der Waals surface area (Å²) < 4.78 is 93.8. The molecule has 0 aromatic heterocycles. The number of hydrogen-bond acceptors (Lipinski definition) is 2. The quantitative estimate of drug-likeness (QED) is 0.119. The van der Waals surface area contributed by atoms with Crippen molar-refractivity contribution >= 4 is 68.0 Å². The van der Waals surface area contributed by atoms with Crippen molar-refractivity contribution in [3.63, 3.8) is 0 Å². The number of nitrogens with zero attached hydrogens (tertiary/aromatic N) is 2. The normalized spacial score (nSPS) is 15.4. The molecular weight excluding hydrogens is 1280 g/mol. The molecular formula is C103H79BN2. The minimum Gasteiger partial charge on any atom is -0.310 e. The maximum Gasteiger partial charge on any atom is 0.252 e. The molecule has 0 radical (unpaired) electrons. The van der Waals surface area contributed by atoms with E-state index >= 15 is 0 Å². The second kappa shape index (κ2) is 25.4. The topological polar surface area (TPSA) is 6.48 Å². The van der Waals surface area contributed by atoms with Gasteiger partial charge in [-0.25, -0.2) is 0 Å². The number of benzene rings is 16. The van der Waals surface area contributed by atoms with Gasteiger partial charge in [-0.15, -0.1) is 0 Å². The Hall–Kier alpha value is -12.6. The lowest BCUT2D eigenvalue weighted by atomic mass is 9.33. The van der Waals surface area contributed by atoms with Gasteiger partial charge >= 0.3 is 0 Å². The Kier molecular flexibility index (Phi) is 13.0. The van der Waals surface area contributed by atoms with Gasteiger partial charge in [-0.05, 0) is 193 Å². The molecule has 19 rings (SSSR count). The molecule has 3 aliphatic rings. The van der Waals surface area contributed by atoms with E-state index in [-0.39, 0.29) is 46.1 Å². The van der Waals surface area contributed by atoms with E-state index in [0.717, 1.165) is 161 Å². The molecule has 3 heteroatoms. The highest BCUT2D eigenvalue weighted by Gasteiger charge is 2.50. The molecule has 0 N–H and O–H groups in total. The van der Waals surface area contributed by atoms with E-state index < -0.39 is 48.4 Å². The highest BCUT2D eigenvalue weighted by molar-refractivity contribution is 7.00. The molecule has 0 spiro atoms. The fourth-order valence-electron chi connectivity index (χ4n) is 17.2. The maximum absolute atomic E-state index is 9.75. The SMILES string of the molecule is [2H]c1c([2H])c([2H])c(-c2ccc3c(c2)B2c4cc(-c5c([2H])c([2H])c([2H])c([2H])c5[2H])ccc4N(c4c(-c5ccccc5)cc(C(C)(C)C)cc4-c4ccccc4)c4cc(-c5cccc6c5C(c5ccccc5)(c5ccc7ccccc7c5)c5ccccc5-6)cc(c42)N3c2c(-c3ccccc3)cc(C(C)(C)C)cc2-c2ccccc2)c([2H])c1[2H]. The van der Waals surface area contributed by atoms with Crippen molar-refractivity contribution in [1.82, 2.24) is 0 Å². The molecule has 0 amide bonds. The molecule has 0 saturated heterocycles. The number of hydrogen-bond donors (Lipinski definition) is 0. The van der Waals surface area contributed by atoms with Crippen LogP contribution in [0, 0.1) is 0 Å². The zero-order chi connectivity index (χ0) is 80.1. The lowest BCUT2D eigenvalue weighted by Gasteiger charge is -2.46. The molecule has 0 saturated carbocycles. The zero-order valence-electron chi connectivity index (χ0n) is 69.9. The Bertz CT molecular complexity index is 6270. The van der Waals surface area contributed by atoms with Gasteiger partial charge in [0, 0.05) is 45.0 Å². The van der Waals surface area contributed by atoms with Gasteiger partial charge in [0.05, 0.1) is 30.5 Å². The van der Waals surface area contributed by atoms with Crippen LogP contribution in [0.4, 0.5) is 34.1 Å². The van der Waals surface area contributed by atoms with Crippen LogP contribution >= 0.6 is 0 Å². The second-order valence-electron chi connectivity index (χ2n) is 30.3. The highest BCUT2D eigenvalue weighted by atomic mass is 15.2. The lowest BCUT2D eigenvalue weighted by molar-refractivity contribution is 0.590. The van der Waals surface area contributed by atoms with Crippen LogP contribution in [0.5, 0.6) is 0 Å². The first-order valence-electron chi connectivity index (χ1n) is 41.6. The van der Waals surface area contributed by atoms with Crippen LogP contribution in [-0.4, -0.2) is 6.71 Å². The van der Waals surface area contributed by atoms with Gasteiger partial charge in [0.15, 0.2) is 0 Å². The van der Waals surface area contributed by atoms with Crippen molar-refractivity contribution < 1.29 is 13.7 Å². The Morgan fingerprint density at radius 3 is 1.15 bits per heavy atom. The Labute approximate surface area is 638 Å². The predicted molar refractivity (Wildman–Crippen MR) is 451 cm³/mol. The largest absolute Gasteiger partial charge is 0.310 e. The number of rotatable bonds is 11. The van der Waals surface area contributed by atoms with Crippen molar-refractivity contribution in [2.75, 3.05) is 9.80 Å². The summed E-state index contributed by atoms with van der Waals surface area (Å²) in [6.45, 7) is 12.7.